The van der Waals surface area contributed by atoms with E-state index in [1.807, 2.05) is 12.1 Å². The van der Waals surface area contributed by atoms with Gasteiger partial charge in [0, 0.05) is 0 Å². The van der Waals surface area contributed by atoms with Gasteiger partial charge in [-0.15, -0.1) is 0 Å². The quantitative estimate of drug-likeness (QED) is 0.783. The maximum Gasteiger partial charge on any atom is 0.119 e. The summed E-state index contributed by atoms with van der Waals surface area (Å²) in [6.07, 6.45) is 5.06. The molecule has 1 aliphatic rings. The molecular weight excluding hydrogens is 262 g/mol. The molecule has 21 heavy (non-hydrogen) atoms. The lowest BCUT2D eigenvalue weighted by Gasteiger charge is -2.31. The van der Waals surface area contributed by atoms with Crippen LogP contribution in [0.15, 0.2) is 24.3 Å². The van der Waals surface area contributed by atoms with Crippen molar-refractivity contribution < 1.29 is 9.47 Å². The highest BCUT2D eigenvalue weighted by molar-refractivity contribution is 5.27. The molecule has 0 saturated heterocycles. The van der Waals surface area contributed by atoms with Gasteiger partial charge in [0.15, 0.2) is 0 Å². The lowest BCUT2D eigenvalue weighted by Crippen LogP contribution is -2.27. The molecule has 0 aromatic heterocycles. The van der Waals surface area contributed by atoms with Crippen LogP contribution < -0.4 is 10.5 Å². The second kappa shape index (κ2) is 8.40. The minimum Gasteiger partial charge on any atom is -0.491 e. The fourth-order valence-corrected chi connectivity index (χ4v) is 3.30. The van der Waals surface area contributed by atoms with E-state index in [-0.39, 0.29) is 0 Å². The first-order chi connectivity index (χ1) is 10.2. The fourth-order valence-electron chi connectivity index (χ4n) is 3.30. The molecule has 0 spiro atoms. The van der Waals surface area contributed by atoms with Crippen LogP contribution >= 0.6 is 0 Å². The van der Waals surface area contributed by atoms with E-state index >= 15 is 0 Å². The molecule has 3 heteroatoms. The molecule has 2 rings (SSSR count). The van der Waals surface area contributed by atoms with Crippen LogP contribution in [0.4, 0.5) is 0 Å². The molecule has 1 fully saturated rings. The van der Waals surface area contributed by atoms with Crippen LogP contribution in [-0.4, -0.2) is 25.9 Å². The van der Waals surface area contributed by atoms with Gasteiger partial charge in [-0.1, -0.05) is 26.0 Å². The number of hydrogen-bond acceptors (Lipinski definition) is 3. The minimum atomic E-state index is 0.416. The van der Waals surface area contributed by atoms with Crippen LogP contribution in [0.25, 0.3) is 0 Å². The Morgan fingerprint density at radius 1 is 1.00 bits per heavy atom. The smallest absolute Gasteiger partial charge is 0.119 e. The normalized spacial score (nSPS) is 25.8. The van der Waals surface area contributed by atoms with Crippen molar-refractivity contribution in [3.05, 3.63) is 29.8 Å². The zero-order chi connectivity index (χ0) is 15.1. The summed E-state index contributed by atoms with van der Waals surface area (Å²) in [6, 6.07) is 8.17. The molecule has 3 nitrogen and oxygen atoms in total. The second-order valence-electron chi connectivity index (χ2n) is 6.44. The van der Waals surface area contributed by atoms with Crippen molar-refractivity contribution in [2.24, 2.45) is 17.6 Å². The van der Waals surface area contributed by atoms with Crippen molar-refractivity contribution in [2.75, 3.05) is 19.8 Å². The summed E-state index contributed by atoms with van der Waals surface area (Å²) in [5.74, 6) is 2.48. The van der Waals surface area contributed by atoms with Gasteiger partial charge in [0.1, 0.15) is 12.4 Å². The minimum absolute atomic E-state index is 0.416. The first-order valence-electron chi connectivity index (χ1n) is 8.20. The van der Waals surface area contributed by atoms with Gasteiger partial charge >= 0.3 is 0 Å². The monoisotopic (exact) mass is 291 g/mol. The lowest BCUT2D eigenvalue weighted by molar-refractivity contribution is -0.0107. The summed E-state index contributed by atoms with van der Waals surface area (Å²) in [5.41, 5.74) is 6.80. The first kappa shape index (κ1) is 16.3. The van der Waals surface area contributed by atoms with Crippen molar-refractivity contribution in [3.63, 3.8) is 0 Å². The maximum absolute atomic E-state index is 5.97. The Labute approximate surface area is 128 Å². The fraction of sp³-hybridized carbons (Fsp3) is 0.667. The average molecular weight is 291 g/mol. The van der Waals surface area contributed by atoms with Crippen LogP contribution in [0.3, 0.4) is 0 Å². The number of rotatable bonds is 7. The number of ether oxygens (including phenoxy) is 2. The zero-order valence-corrected chi connectivity index (χ0v) is 13.4. The summed E-state index contributed by atoms with van der Waals surface area (Å²) in [5, 5.41) is 0. The molecule has 1 aromatic carbocycles. The van der Waals surface area contributed by atoms with E-state index in [2.05, 4.69) is 26.0 Å². The predicted octanol–water partition coefficient (Wildman–Crippen LogP) is 3.41. The molecule has 0 amide bonds. The van der Waals surface area contributed by atoms with Crippen LogP contribution in [-0.2, 0) is 11.2 Å². The summed E-state index contributed by atoms with van der Waals surface area (Å²) >= 11 is 0. The SMILES string of the molecule is CC1CC(C)CC(OCCOc2ccc(CCN)cc2)C1. The van der Waals surface area contributed by atoms with Crippen LogP contribution in [0.5, 0.6) is 5.75 Å². The largest absolute Gasteiger partial charge is 0.491 e. The van der Waals surface area contributed by atoms with Crippen molar-refractivity contribution in [2.45, 2.75) is 45.6 Å². The van der Waals surface area contributed by atoms with Gasteiger partial charge in [0.25, 0.3) is 0 Å². The Balaban J connectivity index is 1.65. The zero-order valence-electron chi connectivity index (χ0n) is 13.4. The van der Waals surface area contributed by atoms with Gasteiger partial charge < -0.3 is 15.2 Å². The number of nitrogens with two attached hydrogens (primary N) is 1. The third-order valence-corrected chi connectivity index (χ3v) is 4.20. The standard InChI is InChI=1S/C18H29NO2/c1-14-11-15(2)13-18(12-14)21-10-9-20-17-5-3-16(4-6-17)7-8-19/h3-6,14-15,18H,7-13,19H2,1-2H3. The summed E-state index contributed by atoms with van der Waals surface area (Å²) < 4.78 is 11.7. The highest BCUT2D eigenvalue weighted by Crippen LogP contribution is 2.30. The molecule has 0 aliphatic heterocycles. The molecule has 118 valence electrons. The van der Waals surface area contributed by atoms with Crippen LogP contribution in [0.1, 0.15) is 38.7 Å². The van der Waals surface area contributed by atoms with Crippen LogP contribution in [0, 0.1) is 11.8 Å². The predicted molar refractivity (Wildman–Crippen MR) is 86.6 cm³/mol. The summed E-state index contributed by atoms with van der Waals surface area (Å²) in [4.78, 5) is 0. The average Bonchev–Trinajstić information content (AvgIpc) is 2.45. The van der Waals surface area contributed by atoms with Gasteiger partial charge in [-0.25, -0.2) is 0 Å². The molecule has 2 atom stereocenters. The Kier molecular flexibility index (Phi) is 6.52. The van der Waals surface area contributed by atoms with E-state index in [4.69, 9.17) is 15.2 Å². The second-order valence-corrected chi connectivity index (χ2v) is 6.44. The molecule has 2 N–H and O–H groups in total. The summed E-state index contributed by atoms with van der Waals surface area (Å²) in [7, 11) is 0. The van der Waals surface area contributed by atoms with Crippen molar-refractivity contribution in [1.82, 2.24) is 0 Å². The molecular formula is C18H29NO2. The van der Waals surface area contributed by atoms with Crippen molar-refractivity contribution in [3.8, 4) is 5.75 Å². The summed E-state index contributed by atoms with van der Waals surface area (Å²) in [6.45, 7) is 6.63. The van der Waals surface area contributed by atoms with Crippen molar-refractivity contribution in [1.29, 1.82) is 0 Å². The molecule has 0 bridgehead atoms. The maximum atomic E-state index is 5.97. The molecule has 1 saturated carbocycles. The van der Waals surface area contributed by atoms with Gasteiger partial charge in [0.05, 0.1) is 12.7 Å². The van der Waals surface area contributed by atoms with E-state index in [9.17, 15) is 0 Å². The van der Waals surface area contributed by atoms with E-state index in [1.54, 1.807) is 0 Å². The Bertz CT molecular complexity index is 394. The van der Waals surface area contributed by atoms with Gasteiger partial charge in [-0.05, 0) is 61.8 Å². The lowest BCUT2D eigenvalue weighted by atomic mass is 9.82. The topological polar surface area (TPSA) is 44.5 Å². The molecule has 0 heterocycles. The van der Waals surface area contributed by atoms with E-state index in [0.29, 0.717) is 25.9 Å². The van der Waals surface area contributed by atoms with Crippen molar-refractivity contribution >= 4 is 0 Å². The third-order valence-electron chi connectivity index (χ3n) is 4.20. The molecule has 1 aromatic rings. The van der Waals surface area contributed by atoms with E-state index in [0.717, 1.165) is 24.0 Å². The van der Waals surface area contributed by atoms with Gasteiger partial charge in [-0.3, -0.25) is 0 Å². The molecule has 1 aliphatic carbocycles. The van der Waals surface area contributed by atoms with Gasteiger partial charge in [-0.2, -0.15) is 0 Å². The number of benzene rings is 1. The molecule has 0 radical (unpaired) electrons. The van der Waals surface area contributed by atoms with E-state index < -0.39 is 0 Å². The Morgan fingerprint density at radius 3 is 2.29 bits per heavy atom. The molecule has 2 unspecified atom stereocenters. The first-order valence-corrected chi connectivity index (χ1v) is 8.20. The Morgan fingerprint density at radius 2 is 1.67 bits per heavy atom. The Hall–Kier alpha value is -1.06. The third kappa shape index (κ3) is 5.68. The highest BCUT2D eigenvalue weighted by Gasteiger charge is 2.24. The van der Waals surface area contributed by atoms with Gasteiger partial charge in [0.2, 0.25) is 0 Å². The number of hydrogen-bond donors (Lipinski definition) is 1. The highest BCUT2D eigenvalue weighted by atomic mass is 16.5. The van der Waals surface area contributed by atoms with E-state index in [1.165, 1.54) is 24.8 Å². The van der Waals surface area contributed by atoms with Crippen LogP contribution in [0.2, 0.25) is 0 Å².